The van der Waals surface area contributed by atoms with E-state index in [1.165, 1.54) is 12.1 Å². The number of alkyl halides is 3. The number of aromatic nitrogens is 1. The number of halogens is 3. The van der Waals surface area contributed by atoms with Crippen molar-refractivity contribution in [1.82, 2.24) is 4.98 Å². The SMILES string of the molecule is Oc1cc2ccccc2nc1-c1ccc(C(F)(F)F)cc1. The number of aromatic hydroxyl groups is 1. The van der Waals surface area contributed by atoms with Gasteiger partial charge in [-0.25, -0.2) is 4.98 Å². The predicted molar refractivity (Wildman–Crippen MR) is 73.8 cm³/mol. The van der Waals surface area contributed by atoms with E-state index in [1.807, 2.05) is 12.1 Å². The van der Waals surface area contributed by atoms with Crippen LogP contribution in [0, 0.1) is 0 Å². The minimum Gasteiger partial charge on any atom is -0.506 e. The molecule has 0 saturated carbocycles. The van der Waals surface area contributed by atoms with Gasteiger partial charge in [0.25, 0.3) is 0 Å². The van der Waals surface area contributed by atoms with Gasteiger partial charge in [-0.05, 0) is 24.3 Å². The van der Waals surface area contributed by atoms with Crippen LogP contribution in [0.2, 0.25) is 0 Å². The average molecular weight is 289 g/mol. The molecule has 5 heteroatoms. The van der Waals surface area contributed by atoms with E-state index in [9.17, 15) is 18.3 Å². The predicted octanol–water partition coefficient (Wildman–Crippen LogP) is 4.63. The van der Waals surface area contributed by atoms with Gasteiger partial charge in [-0.15, -0.1) is 0 Å². The smallest absolute Gasteiger partial charge is 0.416 e. The molecule has 0 amide bonds. The van der Waals surface area contributed by atoms with Crippen molar-refractivity contribution >= 4 is 10.9 Å². The zero-order chi connectivity index (χ0) is 15.0. The summed E-state index contributed by atoms with van der Waals surface area (Å²) in [7, 11) is 0. The maximum absolute atomic E-state index is 12.5. The van der Waals surface area contributed by atoms with Gasteiger partial charge in [-0.1, -0.05) is 30.3 Å². The number of nitrogens with zero attached hydrogens (tertiary/aromatic N) is 1. The first-order chi connectivity index (χ1) is 9.95. The molecule has 3 rings (SSSR count). The first kappa shape index (κ1) is 13.4. The summed E-state index contributed by atoms with van der Waals surface area (Å²) in [6.45, 7) is 0. The fourth-order valence-corrected chi connectivity index (χ4v) is 2.13. The van der Waals surface area contributed by atoms with Crippen molar-refractivity contribution in [3.63, 3.8) is 0 Å². The van der Waals surface area contributed by atoms with E-state index in [-0.39, 0.29) is 11.4 Å². The molecule has 0 aliphatic heterocycles. The van der Waals surface area contributed by atoms with Crippen LogP contribution in [-0.2, 0) is 6.18 Å². The van der Waals surface area contributed by atoms with Crippen LogP contribution >= 0.6 is 0 Å². The lowest BCUT2D eigenvalue weighted by Gasteiger charge is -2.09. The Bertz CT molecular complexity index is 795. The molecule has 0 bridgehead atoms. The van der Waals surface area contributed by atoms with Crippen LogP contribution in [0.4, 0.5) is 13.2 Å². The maximum Gasteiger partial charge on any atom is 0.416 e. The normalized spacial score (nSPS) is 11.8. The minimum absolute atomic E-state index is 0.0616. The molecule has 21 heavy (non-hydrogen) atoms. The summed E-state index contributed by atoms with van der Waals surface area (Å²) in [5.41, 5.74) is 0.644. The summed E-state index contributed by atoms with van der Waals surface area (Å²) >= 11 is 0. The Balaban J connectivity index is 2.09. The minimum atomic E-state index is -4.38. The molecule has 106 valence electrons. The van der Waals surface area contributed by atoms with Crippen molar-refractivity contribution in [1.29, 1.82) is 0 Å². The molecule has 2 nitrogen and oxygen atoms in total. The fraction of sp³-hybridized carbons (Fsp3) is 0.0625. The number of rotatable bonds is 1. The molecule has 0 saturated heterocycles. The summed E-state index contributed by atoms with van der Waals surface area (Å²) in [4.78, 5) is 4.31. The summed E-state index contributed by atoms with van der Waals surface area (Å²) in [6, 6.07) is 13.3. The third-order valence-electron chi connectivity index (χ3n) is 3.19. The molecule has 0 atom stereocenters. The maximum atomic E-state index is 12.5. The van der Waals surface area contributed by atoms with E-state index >= 15 is 0 Å². The molecule has 1 aromatic heterocycles. The molecule has 2 aromatic carbocycles. The van der Waals surface area contributed by atoms with Gasteiger partial charge in [-0.2, -0.15) is 13.2 Å². The quantitative estimate of drug-likeness (QED) is 0.708. The molecule has 0 aliphatic carbocycles. The third kappa shape index (κ3) is 2.54. The van der Waals surface area contributed by atoms with Crippen molar-refractivity contribution in [3.8, 4) is 17.0 Å². The highest BCUT2D eigenvalue weighted by Gasteiger charge is 2.30. The topological polar surface area (TPSA) is 33.1 Å². The molecule has 0 unspecified atom stereocenters. The lowest BCUT2D eigenvalue weighted by molar-refractivity contribution is -0.137. The van der Waals surface area contributed by atoms with Gasteiger partial charge in [-0.3, -0.25) is 0 Å². The van der Waals surface area contributed by atoms with Gasteiger partial charge in [0.05, 0.1) is 11.1 Å². The number of benzene rings is 2. The fourth-order valence-electron chi connectivity index (χ4n) is 2.13. The van der Waals surface area contributed by atoms with Crippen LogP contribution < -0.4 is 0 Å². The van der Waals surface area contributed by atoms with Gasteiger partial charge >= 0.3 is 6.18 Å². The van der Waals surface area contributed by atoms with Crippen LogP contribution in [-0.4, -0.2) is 10.1 Å². The molecule has 0 spiro atoms. The number of fused-ring (bicyclic) bond motifs is 1. The Labute approximate surface area is 118 Å². The highest BCUT2D eigenvalue weighted by atomic mass is 19.4. The molecular weight excluding hydrogens is 279 g/mol. The summed E-state index contributed by atoms with van der Waals surface area (Å²) in [5, 5.41) is 10.8. The Kier molecular flexibility index (Phi) is 3.05. The van der Waals surface area contributed by atoms with Crippen molar-refractivity contribution in [2.45, 2.75) is 6.18 Å². The van der Waals surface area contributed by atoms with E-state index in [1.54, 1.807) is 18.2 Å². The van der Waals surface area contributed by atoms with Crippen LogP contribution in [0.5, 0.6) is 5.75 Å². The second-order valence-electron chi connectivity index (χ2n) is 4.62. The lowest BCUT2D eigenvalue weighted by Crippen LogP contribution is -2.04. The van der Waals surface area contributed by atoms with Crippen LogP contribution in [0.25, 0.3) is 22.2 Å². The van der Waals surface area contributed by atoms with Crippen molar-refractivity contribution in [2.75, 3.05) is 0 Å². The number of pyridine rings is 1. The molecule has 0 aliphatic rings. The van der Waals surface area contributed by atoms with Crippen molar-refractivity contribution in [3.05, 3.63) is 60.2 Å². The number of hydrogen-bond donors (Lipinski definition) is 1. The number of para-hydroxylation sites is 1. The third-order valence-corrected chi connectivity index (χ3v) is 3.19. The first-order valence-corrected chi connectivity index (χ1v) is 6.21. The van der Waals surface area contributed by atoms with Crippen molar-refractivity contribution in [2.24, 2.45) is 0 Å². The van der Waals surface area contributed by atoms with E-state index in [2.05, 4.69) is 4.98 Å². The molecule has 0 radical (unpaired) electrons. The number of hydrogen-bond acceptors (Lipinski definition) is 2. The van der Waals surface area contributed by atoms with Gasteiger partial charge in [0, 0.05) is 10.9 Å². The Morgan fingerprint density at radius 2 is 1.57 bits per heavy atom. The second-order valence-corrected chi connectivity index (χ2v) is 4.62. The van der Waals surface area contributed by atoms with Gasteiger partial charge in [0.2, 0.25) is 0 Å². The Morgan fingerprint density at radius 1 is 0.905 bits per heavy atom. The van der Waals surface area contributed by atoms with E-state index < -0.39 is 11.7 Å². The van der Waals surface area contributed by atoms with E-state index in [0.717, 1.165) is 17.5 Å². The Morgan fingerprint density at radius 3 is 2.24 bits per heavy atom. The largest absolute Gasteiger partial charge is 0.506 e. The summed E-state index contributed by atoms with van der Waals surface area (Å²) < 4.78 is 37.6. The lowest BCUT2D eigenvalue weighted by atomic mass is 10.1. The molecule has 1 heterocycles. The van der Waals surface area contributed by atoms with Gasteiger partial charge < -0.3 is 5.11 Å². The first-order valence-electron chi connectivity index (χ1n) is 6.21. The Hall–Kier alpha value is -2.56. The summed E-state index contributed by atoms with van der Waals surface area (Å²) in [6.07, 6.45) is -4.38. The highest BCUT2D eigenvalue weighted by molar-refractivity contribution is 5.84. The average Bonchev–Trinajstić information content (AvgIpc) is 2.46. The van der Waals surface area contributed by atoms with E-state index in [0.29, 0.717) is 11.1 Å². The zero-order valence-corrected chi connectivity index (χ0v) is 10.7. The van der Waals surface area contributed by atoms with Crippen LogP contribution in [0.15, 0.2) is 54.6 Å². The van der Waals surface area contributed by atoms with E-state index in [4.69, 9.17) is 0 Å². The summed E-state index contributed by atoms with van der Waals surface area (Å²) in [5.74, 6) is -0.0616. The van der Waals surface area contributed by atoms with Gasteiger partial charge in [0.1, 0.15) is 11.4 Å². The van der Waals surface area contributed by atoms with Crippen molar-refractivity contribution < 1.29 is 18.3 Å². The second kappa shape index (κ2) is 4.77. The van der Waals surface area contributed by atoms with Crippen LogP contribution in [0.1, 0.15) is 5.56 Å². The highest BCUT2D eigenvalue weighted by Crippen LogP contribution is 2.33. The molecule has 1 N–H and O–H groups in total. The standard InChI is InChI=1S/C16H10F3NO/c17-16(18,19)12-7-5-10(6-8-12)15-14(21)9-11-3-1-2-4-13(11)20-15/h1-9,21H. The van der Waals surface area contributed by atoms with Crippen LogP contribution in [0.3, 0.4) is 0 Å². The molecule has 3 aromatic rings. The molecule has 0 fully saturated rings. The zero-order valence-electron chi connectivity index (χ0n) is 10.7. The molecular formula is C16H10F3NO. The monoisotopic (exact) mass is 289 g/mol. The van der Waals surface area contributed by atoms with Gasteiger partial charge in [0.15, 0.2) is 0 Å².